The van der Waals surface area contributed by atoms with Crippen LogP contribution < -0.4 is 16.0 Å². The van der Waals surface area contributed by atoms with Gasteiger partial charge in [0.05, 0.1) is 11.1 Å². The maximum Gasteiger partial charge on any atom is 0.262 e. The fraction of sp³-hybridized carbons (Fsp3) is 0.385. The Kier molecular flexibility index (Phi) is 5.91. The Balaban J connectivity index is 1.38. The normalized spacial score (nSPS) is 19.9. The number of anilines is 1. The lowest BCUT2D eigenvalue weighted by Crippen LogP contribution is -2.54. The van der Waals surface area contributed by atoms with Crippen molar-refractivity contribution in [2.24, 2.45) is 5.73 Å². The quantitative estimate of drug-likeness (QED) is 0.637. The lowest BCUT2D eigenvalue weighted by atomic mass is 9.97. The second-order valence-corrected chi connectivity index (χ2v) is 9.21. The number of rotatable bonds is 6. The van der Waals surface area contributed by atoms with Gasteiger partial charge < -0.3 is 10.6 Å². The number of carbonyl (C=O) groups is 4. The zero-order valence-electron chi connectivity index (χ0n) is 19.0. The van der Waals surface area contributed by atoms with Gasteiger partial charge in [-0.1, -0.05) is 18.2 Å². The van der Waals surface area contributed by atoms with E-state index in [2.05, 4.69) is 28.4 Å². The van der Waals surface area contributed by atoms with E-state index >= 15 is 0 Å². The number of nitrogens with zero attached hydrogens (tertiary/aromatic N) is 2. The molecule has 0 bridgehead atoms. The molecule has 0 aliphatic carbocycles. The first-order valence-corrected chi connectivity index (χ1v) is 11.9. The molecule has 8 nitrogen and oxygen atoms in total. The van der Waals surface area contributed by atoms with Crippen LogP contribution in [0.4, 0.5) is 5.69 Å². The van der Waals surface area contributed by atoms with Crippen molar-refractivity contribution in [1.82, 2.24) is 10.2 Å². The van der Waals surface area contributed by atoms with Crippen molar-refractivity contribution < 1.29 is 19.2 Å². The van der Waals surface area contributed by atoms with Crippen molar-refractivity contribution in [2.45, 2.75) is 51.1 Å². The van der Waals surface area contributed by atoms with Crippen molar-refractivity contribution in [3.63, 3.8) is 0 Å². The third-order valence-electron chi connectivity index (χ3n) is 6.91. The number of benzene rings is 2. The molecule has 34 heavy (non-hydrogen) atoms. The first-order valence-electron chi connectivity index (χ1n) is 11.9. The van der Waals surface area contributed by atoms with Gasteiger partial charge in [0.1, 0.15) is 6.04 Å². The summed E-state index contributed by atoms with van der Waals surface area (Å²) in [7, 11) is 0. The number of aryl methyl sites for hydroxylation is 2. The van der Waals surface area contributed by atoms with Crippen LogP contribution in [0.1, 0.15) is 63.1 Å². The zero-order chi connectivity index (χ0) is 23.8. The highest BCUT2D eigenvalue weighted by Gasteiger charge is 2.44. The number of fused-ring (bicyclic) bond motifs is 2. The molecule has 3 aliphatic heterocycles. The van der Waals surface area contributed by atoms with E-state index < -0.39 is 23.8 Å². The van der Waals surface area contributed by atoms with Crippen LogP contribution in [-0.2, 0) is 29.0 Å². The number of nitrogens with one attached hydrogen (secondary N) is 1. The van der Waals surface area contributed by atoms with Crippen LogP contribution in [0.2, 0.25) is 0 Å². The predicted octanol–water partition coefficient (Wildman–Crippen LogP) is 1.93. The average molecular weight is 461 g/mol. The molecule has 0 saturated carbocycles. The summed E-state index contributed by atoms with van der Waals surface area (Å²) in [5, 5.41) is 2.23. The molecule has 8 heteroatoms. The lowest BCUT2D eigenvalue weighted by Gasteiger charge is -2.32. The molecule has 1 fully saturated rings. The first-order chi connectivity index (χ1) is 16.5. The number of amides is 4. The van der Waals surface area contributed by atoms with Crippen molar-refractivity contribution in [3.05, 3.63) is 64.2 Å². The molecule has 176 valence electrons. The Bertz CT molecular complexity index is 1190. The van der Waals surface area contributed by atoms with Crippen LogP contribution in [-0.4, -0.2) is 47.7 Å². The van der Waals surface area contributed by atoms with Gasteiger partial charge in [-0.15, -0.1) is 0 Å². The molecule has 1 atom stereocenters. The number of piperidine rings is 1. The number of nitrogens with two attached hydrogens (primary N) is 1. The van der Waals surface area contributed by atoms with Crippen LogP contribution in [0.15, 0.2) is 36.4 Å². The molecule has 3 heterocycles. The van der Waals surface area contributed by atoms with Crippen LogP contribution in [0.25, 0.3) is 0 Å². The SMILES string of the molecule is NCCCc1ccc2c(c1)N(Cc1ccc3c(c1)C(=O)N(C1CCC(=O)NC1=O)C3=O)CCC2. The second kappa shape index (κ2) is 9.02. The van der Waals surface area contributed by atoms with Gasteiger partial charge in [0.2, 0.25) is 11.8 Å². The highest BCUT2D eigenvalue weighted by Crippen LogP contribution is 2.32. The molecule has 2 aromatic rings. The molecule has 1 saturated heterocycles. The van der Waals surface area contributed by atoms with Crippen molar-refractivity contribution in [1.29, 1.82) is 0 Å². The van der Waals surface area contributed by atoms with E-state index in [9.17, 15) is 19.2 Å². The van der Waals surface area contributed by atoms with Crippen LogP contribution in [0.3, 0.4) is 0 Å². The molecule has 1 unspecified atom stereocenters. The van der Waals surface area contributed by atoms with E-state index in [1.54, 1.807) is 12.1 Å². The summed E-state index contributed by atoms with van der Waals surface area (Å²) in [4.78, 5) is 53.2. The summed E-state index contributed by atoms with van der Waals surface area (Å²) in [5.41, 5.74) is 11.0. The lowest BCUT2D eigenvalue weighted by molar-refractivity contribution is -0.136. The molecule has 0 spiro atoms. The molecule has 0 aromatic heterocycles. The monoisotopic (exact) mass is 460 g/mol. The van der Waals surface area contributed by atoms with E-state index in [1.165, 1.54) is 16.8 Å². The minimum Gasteiger partial charge on any atom is -0.367 e. The average Bonchev–Trinajstić information content (AvgIpc) is 3.07. The molecule has 5 rings (SSSR count). The summed E-state index contributed by atoms with van der Waals surface area (Å²) in [5.74, 6) is -1.93. The van der Waals surface area contributed by atoms with E-state index in [0.29, 0.717) is 24.2 Å². The van der Waals surface area contributed by atoms with Gasteiger partial charge in [0, 0.05) is 25.2 Å². The highest BCUT2D eigenvalue weighted by atomic mass is 16.2. The molecular formula is C26H28N4O4. The Labute approximate surface area is 198 Å². The first kappa shape index (κ1) is 22.3. The minimum atomic E-state index is -0.950. The molecule has 4 amide bonds. The number of hydrogen-bond donors (Lipinski definition) is 2. The summed E-state index contributed by atoms with van der Waals surface area (Å²) in [6, 6.07) is 11.0. The van der Waals surface area contributed by atoms with Gasteiger partial charge >= 0.3 is 0 Å². The molecule has 3 N–H and O–H groups in total. The predicted molar refractivity (Wildman–Crippen MR) is 126 cm³/mol. The largest absolute Gasteiger partial charge is 0.367 e. The van der Waals surface area contributed by atoms with E-state index in [-0.39, 0.29) is 18.7 Å². The zero-order valence-corrected chi connectivity index (χ0v) is 19.0. The summed E-state index contributed by atoms with van der Waals surface area (Å²) in [6.45, 7) is 2.21. The summed E-state index contributed by atoms with van der Waals surface area (Å²) >= 11 is 0. The smallest absolute Gasteiger partial charge is 0.262 e. The van der Waals surface area contributed by atoms with Crippen LogP contribution in [0, 0.1) is 0 Å². The van der Waals surface area contributed by atoms with Gasteiger partial charge in [-0.3, -0.25) is 29.4 Å². The van der Waals surface area contributed by atoms with E-state index in [1.807, 2.05) is 6.07 Å². The van der Waals surface area contributed by atoms with Crippen molar-refractivity contribution in [2.75, 3.05) is 18.0 Å². The Morgan fingerprint density at radius 1 is 0.941 bits per heavy atom. The molecule has 2 aromatic carbocycles. The Morgan fingerprint density at radius 3 is 2.53 bits per heavy atom. The summed E-state index contributed by atoms with van der Waals surface area (Å²) in [6.07, 6.45) is 4.26. The van der Waals surface area contributed by atoms with Gasteiger partial charge in [0.15, 0.2) is 0 Å². The fourth-order valence-corrected chi connectivity index (χ4v) is 5.16. The van der Waals surface area contributed by atoms with E-state index in [4.69, 9.17) is 5.73 Å². The molecule has 3 aliphatic rings. The highest BCUT2D eigenvalue weighted by molar-refractivity contribution is 6.23. The van der Waals surface area contributed by atoms with Gasteiger partial charge in [-0.2, -0.15) is 0 Å². The summed E-state index contributed by atoms with van der Waals surface area (Å²) < 4.78 is 0. The van der Waals surface area contributed by atoms with E-state index in [0.717, 1.165) is 42.7 Å². The van der Waals surface area contributed by atoms with Crippen molar-refractivity contribution in [3.8, 4) is 0 Å². The number of imide groups is 2. The van der Waals surface area contributed by atoms with Crippen molar-refractivity contribution >= 4 is 29.3 Å². The number of carbonyl (C=O) groups excluding carboxylic acids is 4. The Hall–Kier alpha value is -3.52. The van der Waals surface area contributed by atoms with Crippen LogP contribution in [0.5, 0.6) is 0 Å². The van der Waals surface area contributed by atoms with Gasteiger partial charge in [0.25, 0.3) is 11.8 Å². The van der Waals surface area contributed by atoms with Gasteiger partial charge in [-0.25, -0.2) is 0 Å². The molecular weight excluding hydrogens is 432 g/mol. The van der Waals surface area contributed by atoms with Crippen LogP contribution >= 0.6 is 0 Å². The Morgan fingerprint density at radius 2 is 1.74 bits per heavy atom. The maximum atomic E-state index is 13.1. The third-order valence-corrected chi connectivity index (χ3v) is 6.91. The molecule has 0 radical (unpaired) electrons. The fourth-order valence-electron chi connectivity index (χ4n) is 5.16. The minimum absolute atomic E-state index is 0.108. The maximum absolute atomic E-state index is 13.1. The number of hydrogen-bond acceptors (Lipinski definition) is 6. The third kappa shape index (κ3) is 3.98. The topological polar surface area (TPSA) is 113 Å². The van der Waals surface area contributed by atoms with Gasteiger partial charge in [-0.05, 0) is 73.5 Å². The second-order valence-electron chi connectivity index (χ2n) is 9.21. The standard InChI is InChI=1S/C26H28N4O4/c27-11-1-3-16-5-7-18-4-2-12-29(22(18)14-16)15-17-6-8-19-20(13-17)26(34)30(25(19)33)21-9-10-23(31)28-24(21)32/h5-8,13-14,21H,1-4,9-12,15,27H2,(H,28,31,32).